The summed E-state index contributed by atoms with van der Waals surface area (Å²) in [7, 11) is 1.69. The van der Waals surface area contributed by atoms with Gasteiger partial charge in [0, 0.05) is 44.2 Å². The van der Waals surface area contributed by atoms with Gasteiger partial charge < -0.3 is 15.2 Å². The Morgan fingerprint density at radius 3 is 2.46 bits per heavy atom. The first-order chi connectivity index (χ1) is 11.5. The summed E-state index contributed by atoms with van der Waals surface area (Å²) >= 11 is 0. The number of nitrogens with one attached hydrogen (secondary N) is 1. The third-order valence-corrected chi connectivity index (χ3v) is 5.05. The normalized spacial score (nSPS) is 17.8. The molecule has 1 aliphatic heterocycles. The summed E-state index contributed by atoms with van der Waals surface area (Å²) < 4.78 is 5.32. The number of methoxy groups -OCH3 is 1. The highest BCUT2D eigenvalue weighted by molar-refractivity contribution is 5.84. The Morgan fingerprint density at radius 1 is 1.12 bits per heavy atom. The van der Waals surface area contributed by atoms with Crippen LogP contribution in [0.3, 0.4) is 0 Å². The largest absolute Gasteiger partial charge is 0.497 e. The second-order valence-electron chi connectivity index (χ2n) is 7.31. The Hall–Kier alpha value is -1.62. The van der Waals surface area contributed by atoms with Crippen molar-refractivity contribution in [1.82, 2.24) is 10.2 Å². The van der Waals surface area contributed by atoms with Gasteiger partial charge in [0.1, 0.15) is 5.75 Å². The van der Waals surface area contributed by atoms with Crippen molar-refractivity contribution in [2.45, 2.75) is 19.9 Å². The number of aliphatic hydroxyl groups excluding tert-OH is 1. The maximum absolute atomic E-state index is 9.98. The molecule has 2 aromatic rings. The standard InChI is InChI=1S/C20H28N2O2/c1-20(2,14-23)19(22-10-8-21-9-11-22)17-5-4-16-13-18(24-3)7-6-15(16)12-17/h4-7,12-13,19,21,23H,8-11,14H2,1-3H3/t19-/m1/s1. The zero-order valence-corrected chi connectivity index (χ0v) is 14.9. The summed E-state index contributed by atoms with van der Waals surface area (Å²) in [5.41, 5.74) is 1.07. The predicted octanol–water partition coefficient (Wildman–Crippen LogP) is 2.81. The van der Waals surface area contributed by atoms with Crippen molar-refractivity contribution in [3.05, 3.63) is 42.0 Å². The molecule has 24 heavy (non-hydrogen) atoms. The van der Waals surface area contributed by atoms with Crippen LogP contribution >= 0.6 is 0 Å². The first-order valence-corrected chi connectivity index (χ1v) is 8.68. The van der Waals surface area contributed by atoms with Crippen LogP contribution in [0.15, 0.2) is 36.4 Å². The molecule has 4 nitrogen and oxygen atoms in total. The minimum Gasteiger partial charge on any atom is -0.497 e. The van der Waals surface area contributed by atoms with Crippen LogP contribution in [0.2, 0.25) is 0 Å². The Bertz CT molecular complexity index is 693. The molecule has 0 bridgehead atoms. The highest BCUT2D eigenvalue weighted by atomic mass is 16.5. The summed E-state index contributed by atoms with van der Waals surface area (Å²) in [6.07, 6.45) is 0. The number of nitrogens with zero attached hydrogens (tertiary/aromatic N) is 1. The second-order valence-corrected chi connectivity index (χ2v) is 7.31. The van der Waals surface area contributed by atoms with E-state index in [-0.39, 0.29) is 18.1 Å². The van der Waals surface area contributed by atoms with Crippen LogP contribution in [0.4, 0.5) is 0 Å². The van der Waals surface area contributed by atoms with E-state index in [1.807, 2.05) is 6.07 Å². The van der Waals surface area contributed by atoms with Gasteiger partial charge in [-0.25, -0.2) is 0 Å². The molecule has 1 saturated heterocycles. The van der Waals surface area contributed by atoms with Gasteiger partial charge in [-0.3, -0.25) is 4.90 Å². The van der Waals surface area contributed by atoms with Crippen LogP contribution in [0, 0.1) is 5.41 Å². The minimum atomic E-state index is -0.197. The van der Waals surface area contributed by atoms with Crippen LogP contribution in [-0.4, -0.2) is 49.9 Å². The average molecular weight is 328 g/mol. The van der Waals surface area contributed by atoms with Gasteiger partial charge in [0.05, 0.1) is 7.11 Å². The Labute approximate surface area is 144 Å². The fraction of sp³-hybridized carbons (Fsp3) is 0.500. The van der Waals surface area contributed by atoms with E-state index < -0.39 is 0 Å². The maximum atomic E-state index is 9.98. The van der Waals surface area contributed by atoms with Crippen molar-refractivity contribution in [1.29, 1.82) is 0 Å². The molecule has 2 N–H and O–H groups in total. The summed E-state index contributed by atoms with van der Waals surface area (Å²) in [6.45, 7) is 8.49. The van der Waals surface area contributed by atoms with Crippen molar-refractivity contribution in [2.24, 2.45) is 5.41 Å². The molecular weight excluding hydrogens is 300 g/mol. The quantitative estimate of drug-likeness (QED) is 0.886. The molecule has 0 saturated carbocycles. The van der Waals surface area contributed by atoms with E-state index in [4.69, 9.17) is 4.74 Å². The van der Waals surface area contributed by atoms with E-state index in [0.29, 0.717) is 0 Å². The van der Waals surface area contributed by atoms with Crippen molar-refractivity contribution in [3.8, 4) is 5.75 Å². The molecule has 0 unspecified atom stereocenters. The molecule has 0 amide bonds. The SMILES string of the molecule is COc1ccc2cc([C@@H](N3CCNCC3)C(C)(C)CO)ccc2c1. The smallest absolute Gasteiger partial charge is 0.119 e. The molecule has 4 heteroatoms. The van der Waals surface area contributed by atoms with Gasteiger partial charge in [-0.1, -0.05) is 32.0 Å². The second kappa shape index (κ2) is 7.09. The molecule has 1 heterocycles. The monoisotopic (exact) mass is 328 g/mol. The van der Waals surface area contributed by atoms with E-state index in [2.05, 4.69) is 54.4 Å². The van der Waals surface area contributed by atoms with Gasteiger partial charge in [0.2, 0.25) is 0 Å². The number of ether oxygens (including phenoxy) is 1. The molecule has 1 atom stereocenters. The van der Waals surface area contributed by atoms with Gasteiger partial charge in [-0.05, 0) is 34.5 Å². The number of benzene rings is 2. The molecular formula is C20H28N2O2. The lowest BCUT2D eigenvalue weighted by atomic mass is 9.79. The van der Waals surface area contributed by atoms with Gasteiger partial charge in [0.25, 0.3) is 0 Å². The summed E-state index contributed by atoms with van der Waals surface area (Å²) in [5, 5.41) is 15.8. The highest BCUT2D eigenvalue weighted by Crippen LogP contribution is 2.39. The lowest BCUT2D eigenvalue weighted by molar-refractivity contribution is 0.0306. The minimum absolute atomic E-state index is 0.169. The van der Waals surface area contributed by atoms with Crippen LogP contribution in [0.25, 0.3) is 10.8 Å². The topological polar surface area (TPSA) is 44.7 Å². The van der Waals surface area contributed by atoms with E-state index in [1.165, 1.54) is 16.3 Å². The van der Waals surface area contributed by atoms with Gasteiger partial charge >= 0.3 is 0 Å². The molecule has 0 aromatic heterocycles. The molecule has 0 spiro atoms. The summed E-state index contributed by atoms with van der Waals surface area (Å²) in [6, 6.07) is 13.0. The Balaban J connectivity index is 2.01. The van der Waals surface area contributed by atoms with Gasteiger partial charge in [-0.15, -0.1) is 0 Å². The van der Waals surface area contributed by atoms with Crippen molar-refractivity contribution >= 4 is 10.8 Å². The lowest BCUT2D eigenvalue weighted by Crippen LogP contribution is -2.49. The number of piperazine rings is 1. The number of hydrogen-bond donors (Lipinski definition) is 2. The third kappa shape index (κ3) is 3.41. The summed E-state index contributed by atoms with van der Waals surface area (Å²) in [4.78, 5) is 2.50. The molecule has 1 aliphatic rings. The van der Waals surface area contributed by atoms with E-state index in [9.17, 15) is 5.11 Å². The van der Waals surface area contributed by atoms with Gasteiger partial charge in [-0.2, -0.15) is 0 Å². The maximum Gasteiger partial charge on any atom is 0.119 e. The van der Waals surface area contributed by atoms with Crippen molar-refractivity contribution in [3.63, 3.8) is 0 Å². The van der Waals surface area contributed by atoms with Crippen molar-refractivity contribution < 1.29 is 9.84 Å². The van der Waals surface area contributed by atoms with Crippen LogP contribution in [-0.2, 0) is 0 Å². The van der Waals surface area contributed by atoms with E-state index >= 15 is 0 Å². The van der Waals surface area contributed by atoms with E-state index in [1.54, 1.807) is 7.11 Å². The highest BCUT2D eigenvalue weighted by Gasteiger charge is 2.35. The van der Waals surface area contributed by atoms with Crippen LogP contribution in [0.5, 0.6) is 5.75 Å². The molecule has 0 aliphatic carbocycles. The zero-order valence-electron chi connectivity index (χ0n) is 14.9. The Morgan fingerprint density at radius 2 is 1.79 bits per heavy atom. The zero-order chi connectivity index (χ0) is 17.2. The number of fused-ring (bicyclic) bond motifs is 1. The molecule has 3 rings (SSSR count). The lowest BCUT2D eigenvalue weighted by Gasteiger charge is -2.43. The average Bonchev–Trinajstić information content (AvgIpc) is 2.62. The number of rotatable bonds is 5. The molecule has 1 fully saturated rings. The van der Waals surface area contributed by atoms with E-state index in [0.717, 1.165) is 31.9 Å². The fourth-order valence-electron chi connectivity index (χ4n) is 3.72. The van der Waals surface area contributed by atoms with Crippen molar-refractivity contribution in [2.75, 3.05) is 39.9 Å². The fourth-order valence-corrected chi connectivity index (χ4v) is 3.72. The first kappa shape index (κ1) is 17.2. The number of hydrogen-bond acceptors (Lipinski definition) is 4. The Kier molecular flexibility index (Phi) is 5.09. The number of aliphatic hydroxyl groups is 1. The van der Waals surface area contributed by atoms with Crippen LogP contribution < -0.4 is 10.1 Å². The predicted molar refractivity (Wildman–Crippen MR) is 98.6 cm³/mol. The summed E-state index contributed by atoms with van der Waals surface area (Å²) in [5.74, 6) is 0.879. The van der Waals surface area contributed by atoms with Gasteiger partial charge in [0.15, 0.2) is 0 Å². The molecule has 0 radical (unpaired) electrons. The van der Waals surface area contributed by atoms with Crippen LogP contribution in [0.1, 0.15) is 25.5 Å². The molecule has 2 aromatic carbocycles. The first-order valence-electron chi connectivity index (χ1n) is 8.68. The third-order valence-electron chi connectivity index (χ3n) is 5.05. The molecule has 130 valence electrons.